The average molecular weight is 386 g/mol. The van der Waals surface area contributed by atoms with E-state index in [0.29, 0.717) is 39.8 Å². The average Bonchev–Trinajstić information content (AvgIpc) is 3.02. The number of anilines is 2. The number of fused-ring (bicyclic) bond motifs is 1. The first-order chi connectivity index (χ1) is 13.1. The number of carbonyl (C=O) groups is 1. The molecule has 27 heavy (non-hydrogen) atoms. The molecule has 2 N–H and O–H groups in total. The van der Waals surface area contributed by atoms with Crippen molar-refractivity contribution < 1.29 is 19.4 Å². The summed E-state index contributed by atoms with van der Waals surface area (Å²) in [5, 5.41) is 13.3. The number of rotatable bonds is 5. The Balaban J connectivity index is 1.67. The van der Waals surface area contributed by atoms with Crippen molar-refractivity contribution in [3.05, 3.63) is 35.1 Å². The fourth-order valence-corrected chi connectivity index (χ4v) is 4.03. The highest BCUT2D eigenvalue weighted by Crippen LogP contribution is 2.35. The van der Waals surface area contributed by atoms with E-state index in [2.05, 4.69) is 20.3 Å². The third-order valence-electron chi connectivity index (χ3n) is 4.34. The van der Waals surface area contributed by atoms with Crippen molar-refractivity contribution in [1.82, 2.24) is 15.0 Å². The molecule has 3 aromatic heterocycles. The predicted octanol–water partition coefficient (Wildman–Crippen LogP) is 3.39. The molecule has 1 aliphatic rings. The van der Waals surface area contributed by atoms with Gasteiger partial charge in [0.25, 0.3) is 0 Å². The van der Waals surface area contributed by atoms with Crippen molar-refractivity contribution in [2.45, 2.75) is 25.9 Å². The first-order valence-corrected chi connectivity index (χ1v) is 9.39. The van der Waals surface area contributed by atoms with Gasteiger partial charge in [0.2, 0.25) is 5.88 Å². The van der Waals surface area contributed by atoms with Gasteiger partial charge in [0.05, 0.1) is 12.0 Å². The maximum Gasteiger partial charge on any atom is 0.346 e. The summed E-state index contributed by atoms with van der Waals surface area (Å²) >= 11 is 1.14. The molecular weight excluding hydrogens is 368 g/mol. The maximum absolute atomic E-state index is 11.4. The van der Waals surface area contributed by atoms with Gasteiger partial charge in [-0.3, -0.25) is 0 Å². The Morgan fingerprint density at radius 2 is 2.30 bits per heavy atom. The van der Waals surface area contributed by atoms with Gasteiger partial charge in [-0.2, -0.15) is 0 Å². The molecular formula is C18H18N4O4S. The lowest BCUT2D eigenvalue weighted by atomic mass is 10.2. The highest BCUT2D eigenvalue weighted by atomic mass is 32.1. The predicted molar refractivity (Wildman–Crippen MR) is 101 cm³/mol. The second-order valence-electron chi connectivity index (χ2n) is 6.20. The van der Waals surface area contributed by atoms with Crippen LogP contribution in [0.15, 0.2) is 24.7 Å². The minimum Gasteiger partial charge on any atom is -0.477 e. The van der Waals surface area contributed by atoms with Gasteiger partial charge in [-0.15, -0.1) is 11.3 Å². The van der Waals surface area contributed by atoms with Crippen molar-refractivity contribution in [2.24, 2.45) is 0 Å². The molecule has 1 fully saturated rings. The summed E-state index contributed by atoms with van der Waals surface area (Å²) in [6.07, 6.45) is 4.91. The Bertz CT molecular complexity index is 985. The summed E-state index contributed by atoms with van der Waals surface area (Å²) in [6, 6.07) is 3.65. The van der Waals surface area contributed by atoms with Crippen molar-refractivity contribution in [3.8, 4) is 5.88 Å². The Morgan fingerprint density at radius 3 is 3.07 bits per heavy atom. The van der Waals surface area contributed by atoms with Gasteiger partial charge >= 0.3 is 5.97 Å². The smallest absolute Gasteiger partial charge is 0.346 e. The summed E-state index contributed by atoms with van der Waals surface area (Å²) in [5.41, 5.74) is 1.29. The van der Waals surface area contributed by atoms with Crippen molar-refractivity contribution in [3.63, 3.8) is 0 Å². The monoisotopic (exact) mass is 386 g/mol. The van der Waals surface area contributed by atoms with Gasteiger partial charge in [-0.05, 0) is 37.5 Å². The first kappa shape index (κ1) is 17.6. The number of carboxylic acid groups (broad SMARTS) is 1. The summed E-state index contributed by atoms with van der Waals surface area (Å²) < 4.78 is 11.5. The van der Waals surface area contributed by atoms with E-state index in [1.807, 2.05) is 6.07 Å². The highest BCUT2D eigenvalue weighted by molar-refractivity contribution is 7.20. The molecule has 1 saturated heterocycles. The zero-order valence-corrected chi connectivity index (χ0v) is 15.5. The van der Waals surface area contributed by atoms with Crippen molar-refractivity contribution >= 4 is 39.0 Å². The normalized spacial score (nSPS) is 17.0. The van der Waals surface area contributed by atoms with Crippen LogP contribution < -0.4 is 10.1 Å². The van der Waals surface area contributed by atoms with E-state index >= 15 is 0 Å². The Labute approximate surface area is 159 Å². The molecule has 0 spiro atoms. The Kier molecular flexibility index (Phi) is 4.87. The molecule has 0 aliphatic carbocycles. The number of thiophene rings is 1. The van der Waals surface area contributed by atoms with Gasteiger partial charge in [-0.1, -0.05) is 0 Å². The highest BCUT2D eigenvalue weighted by Gasteiger charge is 2.21. The SMILES string of the molecule is Cc1c(C(=O)O)sc2ncnc(Nc3cccnc3OC3CCCOC3)c12. The van der Waals surface area contributed by atoms with Gasteiger partial charge in [0, 0.05) is 12.8 Å². The topological polar surface area (TPSA) is 106 Å². The summed E-state index contributed by atoms with van der Waals surface area (Å²) in [5.74, 6) is 0.0224. The molecule has 8 nitrogen and oxygen atoms in total. The molecule has 0 aromatic carbocycles. The number of hydrogen-bond acceptors (Lipinski definition) is 8. The van der Waals surface area contributed by atoms with Gasteiger partial charge < -0.3 is 19.9 Å². The number of aryl methyl sites for hydroxylation is 1. The molecule has 1 unspecified atom stereocenters. The molecule has 3 aromatic rings. The number of nitrogens with zero attached hydrogens (tertiary/aromatic N) is 3. The van der Waals surface area contributed by atoms with E-state index in [9.17, 15) is 9.90 Å². The quantitative estimate of drug-likeness (QED) is 0.687. The van der Waals surface area contributed by atoms with Crippen LogP contribution in [0, 0.1) is 6.92 Å². The molecule has 0 radical (unpaired) electrons. The number of pyridine rings is 1. The fourth-order valence-electron chi connectivity index (χ4n) is 3.04. The van der Waals surface area contributed by atoms with Gasteiger partial charge in [0.1, 0.15) is 33.6 Å². The Morgan fingerprint density at radius 1 is 1.41 bits per heavy atom. The molecule has 140 valence electrons. The maximum atomic E-state index is 11.4. The van der Waals surface area contributed by atoms with Crippen LogP contribution in [0.25, 0.3) is 10.2 Å². The van der Waals surface area contributed by atoms with Gasteiger partial charge in [-0.25, -0.2) is 19.7 Å². The molecule has 9 heteroatoms. The minimum atomic E-state index is -0.968. The third kappa shape index (κ3) is 3.56. The molecule has 1 aliphatic heterocycles. The van der Waals surface area contributed by atoms with Crippen LogP contribution in [-0.2, 0) is 4.74 Å². The zero-order chi connectivity index (χ0) is 18.8. The number of aromatic nitrogens is 3. The number of aromatic carboxylic acids is 1. The summed E-state index contributed by atoms with van der Waals surface area (Å²) in [4.78, 5) is 25.2. The number of nitrogens with one attached hydrogen (secondary N) is 1. The molecule has 1 atom stereocenters. The van der Waals surface area contributed by atoms with Crippen molar-refractivity contribution in [1.29, 1.82) is 0 Å². The minimum absolute atomic E-state index is 0.0406. The van der Waals surface area contributed by atoms with Crippen LogP contribution >= 0.6 is 11.3 Å². The molecule has 0 amide bonds. The second kappa shape index (κ2) is 7.45. The number of carboxylic acids is 1. The van der Waals surface area contributed by atoms with E-state index < -0.39 is 5.97 Å². The fraction of sp³-hybridized carbons (Fsp3) is 0.333. The van der Waals surface area contributed by atoms with E-state index in [0.717, 1.165) is 30.8 Å². The Hall–Kier alpha value is -2.78. The summed E-state index contributed by atoms with van der Waals surface area (Å²) in [6.45, 7) is 3.06. The van der Waals surface area contributed by atoms with Crippen LogP contribution in [0.2, 0.25) is 0 Å². The lowest BCUT2D eigenvalue weighted by molar-refractivity contribution is 0.00585. The van der Waals surface area contributed by atoms with Crippen LogP contribution in [0.5, 0.6) is 5.88 Å². The largest absolute Gasteiger partial charge is 0.477 e. The lowest BCUT2D eigenvalue weighted by Gasteiger charge is -2.23. The van der Waals surface area contributed by atoms with Crippen LogP contribution in [0.4, 0.5) is 11.5 Å². The zero-order valence-electron chi connectivity index (χ0n) is 14.6. The van der Waals surface area contributed by atoms with E-state index in [-0.39, 0.29) is 11.0 Å². The van der Waals surface area contributed by atoms with Crippen LogP contribution in [0.1, 0.15) is 28.1 Å². The van der Waals surface area contributed by atoms with Gasteiger partial charge in [0.15, 0.2) is 0 Å². The van der Waals surface area contributed by atoms with E-state index in [1.165, 1.54) is 6.33 Å². The second-order valence-corrected chi connectivity index (χ2v) is 7.20. The first-order valence-electron chi connectivity index (χ1n) is 8.57. The van der Waals surface area contributed by atoms with E-state index in [1.54, 1.807) is 19.2 Å². The number of ether oxygens (including phenoxy) is 2. The lowest BCUT2D eigenvalue weighted by Crippen LogP contribution is -2.28. The van der Waals surface area contributed by atoms with Crippen LogP contribution in [0.3, 0.4) is 0 Å². The molecule has 4 rings (SSSR count). The van der Waals surface area contributed by atoms with Crippen LogP contribution in [-0.4, -0.2) is 45.3 Å². The third-order valence-corrected chi connectivity index (χ3v) is 5.53. The molecule has 0 saturated carbocycles. The number of hydrogen-bond donors (Lipinski definition) is 2. The van der Waals surface area contributed by atoms with Crippen molar-refractivity contribution in [2.75, 3.05) is 18.5 Å². The molecule has 0 bridgehead atoms. The molecule has 4 heterocycles. The standard InChI is InChI=1S/C18H18N4O4S/c1-10-13-15(20-9-21-17(13)27-14(10)18(23)24)22-12-5-2-6-19-16(12)26-11-4-3-7-25-8-11/h2,5-6,9,11H,3-4,7-8H2,1H3,(H,23,24)(H,20,21,22). The van der Waals surface area contributed by atoms with E-state index in [4.69, 9.17) is 9.47 Å². The summed E-state index contributed by atoms with van der Waals surface area (Å²) in [7, 11) is 0.